The minimum absolute atomic E-state index is 0.658. The molecule has 0 bridgehead atoms. The van der Waals surface area contributed by atoms with Gasteiger partial charge in [-0.3, -0.25) is 4.98 Å². The molecule has 0 amide bonds. The fraction of sp³-hybridized carbons (Fsp3) is 0.143. The van der Waals surface area contributed by atoms with Crippen molar-refractivity contribution in [2.75, 3.05) is 5.32 Å². The van der Waals surface area contributed by atoms with Gasteiger partial charge in [-0.15, -0.1) is 5.10 Å². The number of benzene rings is 1. The standard InChI is InChI=1S/C14H13BrN6/c1-10-18-19-20-21(10)14-4-2-3-12(7-14)17-9-13-6-5-11(15)8-16-13/h2-8,17H,9H2,1H3. The molecule has 0 saturated carbocycles. The Balaban J connectivity index is 1.74. The second kappa shape index (κ2) is 6.01. The third kappa shape index (κ3) is 3.25. The molecular weight excluding hydrogens is 332 g/mol. The van der Waals surface area contributed by atoms with Gasteiger partial charge in [0, 0.05) is 16.4 Å². The summed E-state index contributed by atoms with van der Waals surface area (Å²) in [7, 11) is 0. The number of hydrogen-bond acceptors (Lipinski definition) is 5. The fourth-order valence-corrected chi connectivity index (χ4v) is 2.16. The van der Waals surface area contributed by atoms with E-state index in [1.807, 2.05) is 43.3 Å². The van der Waals surface area contributed by atoms with Crippen LogP contribution in [-0.4, -0.2) is 25.2 Å². The zero-order valence-corrected chi connectivity index (χ0v) is 12.9. The molecule has 1 aromatic carbocycles. The summed E-state index contributed by atoms with van der Waals surface area (Å²) in [6, 6.07) is 11.9. The van der Waals surface area contributed by atoms with Gasteiger partial charge in [0.05, 0.1) is 17.9 Å². The Morgan fingerprint density at radius 2 is 2.14 bits per heavy atom. The molecule has 106 valence electrons. The molecule has 7 heteroatoms. The van der Waals surface area contributed by atoms with Crippen LogP contribution in [0.15, 0.2) is 47.1 Å². The van der Waals surface area contributed by atoms with Crippen LogP contribution in [0.3, 0.4) is 0 Å². The van der Waals surface area contributed by atoms with Crippen LogP contribution in [0.1, 0.15) is 11.5 Å². The molecule has 2 aromatic heterocycles. The molecule has 0 atom stereocenters. The number of pyridine rings is 1. The van der Waals surface area contributed by atoms with Crippen molar-refractivity contribution in [1.82, 2.24) is 25.2 Å². The van der Waals surface area contributed by atoms with Crippen molar-refractivity contribution in [2.24, 2.45) is 0 Å². The predicted octanol–water partition coefficient (Wildman–Crippen LogP) is 2.74. The van der Waals surface area contributed by atoms with Gasteiger partial charge in [0.1, 0.15) is 0 Å². The van der Waals surface area contributed by atoms with Crippen molar-refractivity contribution < 1.29 is 0 Å². The Hall–Kier alpha value is -2.28. The number of aryl methyl sites for hydroxylation is 1. The maximum atomic E-state index is 4.33. The van der Waals surface area contributed by atoms with Crippen LogP contribution in [0.25, 0.3) is 5.69 Å². The average molecular weight is 345 g/mol. The van der Waals surface area contributed by atoms with E-state index in [0.717, 1.165) is 27.4 Å². The number of rotatable bonds is 4. The first kappa shape index (κ1) is 13.7. The Kier molecular flexibility index (Phi) is 3.92. The van der Waals surface area contributed by atoms with E-state index in [1.54, 1.807) is 10.9 Å². The Morgan fingerprint density at radius 1 is 1.24 bits per heavy atom. The van der Waals surface area contributed by atoms with Gasteiger partial charge < -0.3 is 5.32 Å². The molecule has 0 aliphatic rings. The zero-order valence-electron chi connectivity index (χ0n) is 11.4. The summed E-state index contributed by atoms with van der Waals surface area (Å²) in [5, 5.41) is 14.9. The lowest BCUT2D eigenvalue weighted by atomic mass is 10.2. The average Bonchev–Trinajstić information content (AvgIpc) is 2.93. The van der Waals surface area contributed by atoms with E-state index in [-0.39, 0.29) is 0 Å². The van der Waals surface area contributed by atoms with E-state index in [0.29, 0.717) is 6.54 Å². The lowest BCUT2D eigenvalue weighted by Gasteiger charge is -2.08. The van der Waals surface area contributed by atoms with Crippen LogP contribution in [0.4, 0.5) is 5.69 Å². The Bertz CT molecular complexity index is 737. The minimum atomic E-state index is 0.658. The summed E-state index contributed by atoms with van der Waals surface area (Å²) < 4.78 is 2.67. The number of halogens is 1. The lowest BCUT2D eigenvalue weighted by molar-refractivity contribution is 0.779. The van der Waals surface area contributed by atoms with Gasteiger partial charge in [0.25, 0.3) is 0 Å². The number of tetrazole rings is 1. The minimum Gasteiger partial charge on any atom is -0.379 e. The molecule has 2 heterocycles. The summed E-state index contributed by atoms with van der Waals surface area (Å²) >= 11 is 3.38. The molecule has 0 unspecified atom stereocenters. The van der Waals surface area contributed by atoms with Crippen molar-refractivity contribution in [3.05, 3.63) is 58.6 Å². The van der Waals surface area contributed by atoms with E-state index in [4.69, 9.17) is 0 Å². The fourth-order valence-electron chi connectivity index (χ4n) is 1.92. The smallest absolute Gasteiger partial charge is 0.153 e. The quantitative estimate of drug-likeness (QED) is 0.788. The monoisotopic (exact) mass is 344 g/mol. The van der Waals surface area contributed by atoms with Crippen LogP contribution < -0.4 is 5.32 Å². The Labute approximate surface area is 130 Å². The molecule has 6 nitrogen and oxygen atoms in total. The van der Waals surface area contributed by atoms with Crippen molar-refractivity contribution in [1.29, 1.82) is 0 Å². The predicted molar refractivity (Wildman–Crippen MR) is 83.2 cm³/mol. The molecule has 0 radical (unpaired) electrons. The highest BCUT2D eigenvalue weighted by molar-refractivity contribution is 9.10. The SMILES string of the molecule is Cc1nnnn1-c1cccc(NCc2ccc(Br)cn2)c1. The Morgan fingerprint density at radius 3 is 2.86 bits per heavy atom. The molecule has 0 aliphatic carbocycles. The first-order valence-corrected chi connectivity index (χ1v) is 7.21. The number of hydrogen-bond donors (Lipinski definition) is 1. The second-order valence-corrected chi connectivity index (χ2v) is 5.43. The van der Waals surface area contributed by atoms with Crippen LogP contribution in [0.2, 0.25) is 0 Å². The largest absolute Gasteiger partial charge is 0.379 e. The maximum Gasteiger partial charge on any atom is 0.153 e. The molecule has 21 heavy (non-hydrogen) atoms. The van der Waals surface area contributed by atoms with E-state index in [2.05, 4.69) is 41.8 Å². The van der Waals surface area contributed by atoms with Gasteiger partial charge in [-0.05, 0) is 63.6 Å². The van der Waals surface area contributed by atoms with Crippen molar-refractivity contribution in [3.63, 3.8) is 0 Å². The van der Waals surface area contributed by atoms with E-state index in [1.165, 1.54) is 0 Å². The highest BCUT2D eigenvalue weighted by Gasteiger charge is 2.04. The first-order valence-electron chi connectivity index (χ1n) is 6.42. The molecule has 1 N–H and O–H groups in total. The zero-order chi connectivity index (χ0) is 14.7. The van der Waals surface area contributed by atoms with Crippen LogP contribution in [-0.2, 0) is 6.54 Å². The van der Waals surface area contributed by atoms with Crippen LogP contribution in [0.5, 0.6) is 0 Å². The topological polar surface area (TPSA) is 68.5 Å². The number of anilines is 1. The van der Waals surface area contributed by atoms with Gasteiger partial charge in [-0.2, -0.15) is 4.68 Å². The third-order valence-corrected chi connectivity index (χ3v) is 3.45. The van der Waals surface area contributed by atoms with E-state index < -0.39 is 0 Å². The van der Waals surface area contributed by atoms with Gasteiger partial charge in [-0.25, -0.2) is 0 Å². The molecule has 0 spiro atoms. The third-order valence-electron chi connectivity index (χ3n) is 2.98. The van der Waals surface area contributed by atoms with Gasteiger partial charge >= 0.3 is 0 Å². The first-order chi connectivity index (χ1) is 10.2. The van der Waals surface area contributed by atoms with Crippen LogP contribution >= 0.6 is 15.9 Å². The summed E-state index contributed by atoms with van der Waals surface area (Å²) in [5.41, 5.74) is 2.89. The van der Waals surface area contributed by atoms with Gasteiger partial charge in [-0.1, -0.05) is 6.07 Å². The lowest BCUT2D eigenvalue weighted by Crippen LogP contribution is -2.03. The van der Waals surface area contributed by atoms with Crippen molar-refractivity contribution in [2.45, 2.75) is 13.5 Å². The summed E-state index contributed by atoms with van der Waals surface area (Å²) in [6.07, 6.45) is 1.79. The summed E-state index contributed by atoms with van der Waals surface area (Å²) in [4.78, 5) is 4.33. The van der Waals surface area contributed by atoms with Crippen molar-refractivity contribution >= 4 is 21.6 Å². The van der Waals surface area contributed by atoms with E-state index >= 15 is 0 Å². The van der Waals surface area contributed by atoms with Crippen LogP contribution in [0, 0.1) is 6.92 Å². The molecule has 3 rings (SSSR count). The maximum absolute atomic E-state index is 4.33. The van der Waals surface area contributed by atoms with Gasteiger partial charge in [0.2, 0.25) is 0 Å². The normalized spacial score (nSPS) is 10.6. The highest BCUT2D eigenvalue weighted by Crippen LogP contribution is 2.15. The molecule has 0 saturated heterocycles. The molecule has 0 aliphatic heterocycles. The van der Waals surface area contributed by atoms with Crippen molar-refractivity contribution in [3.8, 4) is 5.69 Å². The highest BCUT2D eigenvalue weighted by atomic mass is 79.9. The molecule has 3 aromatic rings. The summed E-state index contributed by atoms with van der Waals surface area (Å²) in [5.74, 6) is 0.752. The van der Waals surface area contributed by atoms with E-state index in [9.17, 15) is 0 Å². The second-order valence-electron chi connectivity index (χ2n) is 4.51. The van der Waals surface area contributed by atoms with Gasteiger partial charge in [0.15, 0.2) is 5.82 Å². The number of nitrogens with one attached hydrogen (secondary N) is 1. The molecular formula is C14H13BrN6. The summed E-state index contributed by atoms with van der Waals surface area (Å²) in [6.45, 7) is 2.52. The molecule has 0 fully saturated rings. The number of aromatic nitrogens is 5. The number of nitrogens with zero attached hydrogens (tertiary/aromatic N) is 5.